The Kier molecular flexibility index (Phi) is 4.05. The van der Waals surface area contributed by atoms with Crippen LogP contribution in [0.4, 0.5) is 5.82 Å². The molecule has 2 aliphatic heterocycles. The van der Waals surface area contributed by atoms with Crippen molar-refractivity contribution in [3.05, 3.63) is 17.8 Å². The number of carbonyl (C=O) groups excluding carboxylic acids is 1. The number of anilines is 1. The zero-order valence-corrected chi connectivity index (χ0v) is 12.7. The highest BCUT2D eigenvalue weighted by Gasteiger charge is 2.36. The van der Waals surface area contributed by atoms with Crippen molar-refractivity contribution in [3.63, 3.8) is 0 Å². The molecule has 0 aliphatic carbocycles. The Morgan fingerprint density at radius 1 is 1.24 bits per heavy atom. The fraction of sp³-hybridized carbons (Fsp3) is 0.667. The fourth-order valence-electron chi connectivity index (χ4n) is 3.26. The first-order valence-corrected chi connectivity index (χ1v) is 7.59. The molecule has 6 heteroatoms. The van der Waals surface area contributed by atoms with Crippen molar-refractivity contribution in [2.75, 3.05) is 31.1 Å². The predicted octanol–water partition coefficient (Wildman–Crippen LogP) is 1.00. The number of nitrogens with zero attached hydrogens (tertiary/aromatic N) is 4. The molecule has 0 bridgehead atoms. The Morgan fingerprint density at radius 2 is 2.05 bits per heavy atom. The van der Waals surface area contributed by atoms with Crippen molar-refractivity contribution in [1.29, 1.82) is 0 Å². The lowest BCUT2D eigenvalue weighted by Gasteiger charge is -2.39. The smallest absolute Gasteiger partial charge is 0.219 e. The van der Waals surface area contributed by atoms with Gasteiger partial charge in [-0.1, -0.05) is 0 Å². The molecule has 2 fully saturated rings. The summed E-state index contributed by atoms with van der Waals surface area (Å²) in [6.45, 7) is 6.71. The summed E-state index contributed by atoms with van der Waals surface area (Å²) in [7, 11) is 0. The quantitative estimate of drug-likeness (QED) is 0.772. The third-order valence-corrected chi connectivity index (χ3v) is 4.38. The van der Waals surface area contributed by atoms with Gasteiger partial charge in [0.05, 0.1) is 24.4 Å². The molecule has 3 heterocycles. The van der Waals surface area contributed by atoms with Crippen LogP contribution in [0.1, 0.15) is 25.5 Å². The van der Waals surface area contributed by atoms with Crippen LogP contribution in [-0.4, -0.2) is 59.4 Å². The lowest BCUT2D eigenvalue weighted by molar-refractivity contribution is -0.144. The van der Waals surface area contributed by atoms with Crippen LogP contribution < -0.4 is 4.90 Å². The van der Waals surface area contributed by atoms with Gasteiger partial charge in [-0.3, -0.25) is 4.79 Å². The molecule has 0 spiro atoms. The zero-order chi connectivity index (χ0) is 14.8. The number of carbonyl (C=O) groups is 1. The van der Waals surface area contributed by atoms with Crippen LogP contribution in [-0.2, 0) is 9.53 Å². The summed E-state index contributed by atoms with van der Waals surface area (Å²) < 4.78 is 5.89. The van der Waals surface area contributed by atoms with Gasteiger partial charge in [-0.05, 0) is 31.9 Å². The normalized spacial score (nSPS) is 26.2. The molecule has 6 nitrogen and oxygen atoms in total. The second kappa shape index (κ2) is 5.97. The Morgan fingerprint density at radius 3 is 2.76 bits per heavy atom. The van der Waals surface area contributed by atoms with Crippen LogP contribution in [0, 0.1) is 6.92 Å². The summed E-state index contributed by atoms with van der Waals surface area (Å²) in [5.41, 5.74) is 0.924. The molecule has 3 rings (SSSR count). The van der Waals surface area contributed by atoms with Gasteiger partial charge in [-0.15, -0.1) is 5.10 Å². The average molecular weight is 290 g/mol. The predicted molar refractivity (Wildman–Crippen MR) is 79.1 cm³/mol. The van der Waals surface area contributed by atoms with Gasteiger partial charge in [-0.2, -0.15) is 5.10 Å². The Labute approximate surface area is 125 Å². The highest BCUT2D eigenvalue weighted by molar-refractivity contribution is 5.73. The molecule has 0 radical (unpaired) electrons. The Hall–Kier alpha value is -1.69. The summed E-state index contributed by atoms with van der Waals surface area (Å²) in [5.74, 6) is 1.06. The van der Waals surface area contributed by atoms with Crippen molar-refractivity contribution in [3.8, 4) is 0 Å². The summed E-state index contributed by atoms with van der Waals surface area (Å²) in [5, 5.41) is 8.40. The topological polar surface area (TPSA) is 58.6 Å². The standard InChI is InChI=1S/C15H22N4O2/c1-11-3-4-15(17-16-11)18-7-5-13-14(6-8-18)21-10-9-19(13)12(2)20/h3-4,13-14H,5-10H2,1-2H3/t13-,14+/m0/s1. The van der Waals surface area contributed by atoms with Crippen LogP contribution in [0.25, 0.3) is 0 Å². The SMILES string of the molecule is CC(=O)N1CCO[C@@H]2CCN(c3ccc(C)nn3)CC[C@@H]21. The summed E-state index contributed by atoms with van der Waals surface area (Å²) in [4.78, 5) is 16.0. The second-order valence-electron chi connectivity index (χ2n) is 5.79. The van der Waals surface area contributed by atoms with E-state index in [9.17, 15) is 4.79 Å². The number of aryl methyl sites for hydroxylation is 1. The average Bonchev–Trinajstić information content (AvgIpc) is 2.70. The molecule has 1 amide bonds. The van der Waals surface area contributed by atoms with E-state index >= 15 is 0 Å². The monoisotopic (exact) mass is 290 g/mol. The Balaban J connectivity index is 1.73. The van der Waals surface area contributed by atoms with Gasteiger partial charge in [0, 0.05) is 26.6 Å². The third kappa shape index (κ3) is 3.00. The number of amides is 1. The van der Waals surface area contributed by atoms with E-state index in [0.717, 1.165) is 37.4 Å². The maximum absolute atomic E-state index is 11.8. The largest absolute Gasteiger partial charge is 0.374 e. The van der Waals surface area contributed by atoms with Gasteiger partial charge in [-0.25, -0.2) is 0 Å². The lowest BCUT2D eigenvalue weighted by atomic mass is 10.0. The molecular formula is C15H22N4O2. The molecule has 0 N–H and O–H groups in total. The molecule has 1 aromatic rings. The van der Waals surface area contributed by atoms with E-state index in [-0.39, 0.29) is 18.1 Å². The molecule has 2 aliphatic rings. The van der Waals surface area contributed by atoms with E-state index < -0.39 is 0 Å². The number of ether oxygens (including phenoxy) is 1. The third-order valence-electron chi connectivity index (χ3n) is 4.38. The molecule has 2 saturated heterocycles. The fourth-order valence-corrected chi connectivity index (χ4v) is 3.26. The number of hydrogen-bond donors (Lipinski definition) is 0. The van der Waals surface area contributed by atoms with E-state index in [1.165, 1.54) is 0 Å². The second-order valence-corrected chi connectivity index (χ2v) is 5.79. The first-order chi connectivity index (χ1) is 10.1. The van der Waals surface area contributed by atoms with Crippen LogP contribution >= 0.6 is 0 Å². The number of aromatic nitrogens is 2. The van der Waals surface area contributed by atoms with Gasteiger partial charge in [0.25, 0.3) is 0 Å². The summed E-state index contributed by atoms with van der Waals surface area (Å²) in [6, 6.07) is 4.19. The van der Waals surface area contributed by atoms with Crippen molar-refractivity contribution in [2.45, 2.75) is 38.8 Å². The molecule has 0 aromatic carbocycles. The minimum atomic E-state index is 0.144. The van der Waals surface area contributed by atoms with Crippen molar-refractivity contribution >= 4 is 11.7 Å². The van der Waals surface area contributed by atoms with Crippen LogP contribution in [0.3, 0.4) is 0 Å². The number of rotatable bonds is 1. The van der Waals surface area contributed by atoms with E-state index in [1.807, 2.05) is 24.0 Å². The van der Waals surface area contributed by atoms with Crippen LogP contribution in [0.15, 0.2) is 12.1 Å². The lowest BCUT2D eigenvalue weighted by Crippen LogP contribution is -2.52. The number of fused-ring (bicyclic) bond motifs is 1. The molecule has 114 valence electrons. The molecule has 0 unspecified atom stereocenters. The summed E-state index contributed by atoms with van der Waals surface area (Å²) >= 11 is 0. The van der Waals surface area contributed by atoms with Crippen molar-refractivity contribution < 1.29 is 9.53 Å². The van der Waals surface area contributed by atoms with E-state index in [1.54, 1.807) is 6.92 Å². The summed E-state index contributed by atoms with van der Waals surface area (Å²) in [6.07, 6.45) is 1.98. The highest BCUT2D eigenvalue weighted by Crippen LogP contribution is 2.25. The highest BCUT2D eigenvalue weighted by atomic mass is 16.5. The maximum Gasteiger partial charge on any atom is 0.219 e. The van der Waals surface area contributed by atoms with Gasteiger partial charge >= 0.3 is 0 Å². The first kappa shape index (κ1) is 14.3. The minimum absolute atomic E-state index is 0.144. The minimum Gasteiger partial charge on any atom is -0.374 e. The molecule has 0 saturated carbocycles. The molecule has 1 aromatic heterocycles. The molecule has 21 heavy (non-hydrogen) atoms. The van der Waals surface area contributed by atoms with Gasteiger partial charge in [0.1, 0.15) is 0 Å². The van der Waals surface area contributed by atoms with Gasteiger partial charge in [0.15, 0.2) is 5.82 Å². The zero-order valence-electron chi connectivity index (χ0n) is 12.7. The van der Waals surface area contributed by atoms with Crippen LogP contribution in [0.5, 0.6) is 0 Å². The van der Waals surface area contributed by atoms with E-state index in [4.69, 9.17) is 4.74 Å². The van der Waals surface area contributed by atoms with E-state index in [0.29, 0.717) is 13.2 Å². The van der Waals surface area contributed by atoms with Crippen molar-refractivity contribution in [2.24, 2.45) is 0 Å². The first-order valence-electron chi connectivity index (χ1n) is 7.59. The Bertz CT molecular complexity index is 505. The maximum atomic E-state index is 11.8. The van der Waals surface area contributed by atoms with Gasteiger partial charge in [0.2, 0.25) is 5.91 Å². The van der Waals surface area contributed by atoms with Crippen molar-refractivity contribution in [1.82, 2.24) is 15.1 Å². The molecule has 2 atom stereocenters. The van der Waals surface area contributed by atoms with Gasteiger partial charge < -0.3 is 14.5 Å². The molecular weight excluding hydrogens is 268 g/mol. The van der Waals surface area contributed by atoms with Crippen LogP contribution in [0.2, 0.25) is 0 Å². The number of morpholine rings is 1. The number of hydrogen-bond acceptors (Lipinski definition) is 5. The van der Waals surface area contributed by atoms with E-state index in [2.05, 4.69) is 15.1 Å².